The smallest absolute Gasteiger partial charge is 0.335 e. The molecule has 1 fully saturated rings. The molecule has 0 bridgehead atoms. The van der Waals surface area contributed by atoms with Gasteiger partial charge in [0.05, 0.1) is 5.69 Å². The maximum Gasteiger partial charge on any atom is 0.335 e. The Labute approximate surface area is 137 Å². The third-order valence-electron chi connectivity index (χ3n) is 3.07. The Kier molecular flexibility index (Phi) is 3.83. The second kappa shape index (κ2) is 5.81. The van der Waals surface area contributed by atoms with E-state index in [0.29, 0.717) is 4.67 Å². The van der Waals surface area contributed by atoms with Crippen LogP contribution in [0.2, 0.25) is 0 Å². The second-order valence-electron chi connectivity index (χ2n) is 4.58. The molecule has 2 aromatic rings. The molecule has 23 heavy (non-hydrogen) atoms. The van der Waals surface area contributed by atoms with Gasteiger partial charge >= 0.3 is 6.03 Å². The summed E-state index contributed by atoms with van der Waals surface area (Å²) in [6.45, 7) is 0. The summed E-state index contributed by atoms with van der Waals surface area (Å²) in [7, 11) is 0. The number of hydrogen-bond acceptors (Lipinski definition) is 4. The Morgan fingerprint density at radius 2 is 1.78 bits per heavy atom. The molecule has 1 aliphatic heterocycles. The fourth-order valence-corrected chi connectivity index (χ4v) is 2.35. The van der Waals surface area contributed by atoms with Gasteiger partial charge in [-0.25, -0.2) is 14.1 Å². The maximum absolute atomic E-state index is 13.0. The second-order valence-corrected chi connectivity index (χ2v) is 5.36. The molecule has 0 radical (unpaired) electrons. The number of urea groups is 1. The van der Waals surface area contributed by atoms with Crippen LogP contribution in [0, 0.1) is 5.82 Å². The molecule has 116 valence electrons. The van der Waals surface area contributed by atoms with Crippen LogP contribution < -0.4 is 10.2 Å². The zero-order valence-electron chi connectivity index (χ0n) is 11.4. The number of benzene rings is 1. The van der Waals surface area contributed by atoms with Gasteiger partial charge in [0.25, 0.3) is 11.8 Å². The van der Waals surface area contributed by atoms with Crippen LogP contribution in [0.1, 0.15) is 5.76 Å². The van der Waals surface area contributed by atoms with Gasteiger partial charge in [-0.3, -0.25) is 14.9 Å². The van der Waals surface area contributed by atoms with Gasteiger partial charge in [-0.1, -0.05) is 0 Å². The molecule has 3 rings (SSSR count). The molecule has 8 heteroatoms. The Bertz CT molecular complexity index is 841. The fourth-order valence-electron chi connectivity index (χ4n) is 2.03. The molecule has 4 amide bonds. The van der Waals surface area contributed by atoms with E-state index >= 15 is 0 Å². The average molecular weight is 379 g/mol. The standard InChI is InChI=1S/C15H8BrFN2O4/c16-12-6-5-10(23-12)7-11-13(20)18-15(22)19(14(11)21)9-3-1-8(17)2-4-9/h1-7H,(H,18,20,22)/b11-7-. The summed E-state index contributed by atoms with van der Waals surface area (Å²) in [5, 5.41) is 2.06. The maximum atomic E-state index is 13.0. The van der Waals surface area contributed by atoms with E-state index in [1.54, 1.807) is 12.1 Å². The van der Waals surface area contributed by atoms with Crippen molar-refractivity contribution in [2.75, 3.05) is 4.90 Å². The molecule has 0 spiro atoms. The number of amides is 4. The van der Waals surface area contributed by atoms with Crippen molar-refractivity contribution in [1.82, 2.24) is 5.32 Å². The molecule has 1 N–H and O–H groups in total. The van der Waals surface area contributed by atoms with Crippen molar-refractivity contribution in [1.29, 1.82) is 0 Å². The summed E-state index contributed by atoms with van der Waals surface area (Å²) in [6, 6.07) is 7.01. The van der Waals surface area contributed by atoms with Gasteiger partial charge in [0, 0.05) is 0 Å². The number of carbonyl (C=O) groups is 3. The number of nitrogens with zero attached hydrogens (tertiary/aromatic N) is 1. The minimum Gasteiger partial charge on any atom is -0.450 e. The SMILES string of the molecule is O=C1NC(=O)N(c2ccc(F)cc2)C(=O)/C1=C\c1ccc(Br)o1. The Hall–Kier alpha value is -2.74. The van der Waals surface area contributed by atoms with Crippen LogP contribution >= 0.6 is 15.9 Å². The number of hydrogen-bond donors (Lipinski definition) is 1. The van der Waals surface area contributed by atoms with Gasteiger partial charge < -0.3 is 4.42 Å². The zero-order chi connectivity index (χ0) is 16.6. The summed E-state index contributed by atoms with van der Waals surface area (Å²) < 4.78 is 18.6. The number of barbiturate groups is 1. The number of nitrogens with one attached hydrogen (secondary N) is 1. The highest BCUT2D eigenvalue weighted by Crippen LogP contribution is 2.23. The molecule has 6 nitrogen and oxygen atoms in total. The molecule has 1 aliphatic rings. The lowest BCUT2D eigenvalue weighted by molar-refractivity contribution is -0.122. The van der Waals surface area contributed by atoms with Gasteiger partial charge in [0.15, 0.2) is 4.67 Å². The fraction of sp³-hybridized carbons (Fsp3) is 0. The van der Waals surface area contributed by atoms with E-state index in [0.717, 1.165) is 17.0 Å². The first-order valence-electron chi connectivity index (χ1n) is 6.38. The van der Waals surface area contributed by atoms with E-state index in [1.807, 2.05) is 0 Å². The molecular formula is C15H8BrFN2O4. The lowest BCUT2D eigenvalue weighted by atomic mass is 10.1. The largest absolute Gasteiger partial charge is 0.450 e. The van der Waals surface area contributed by atoms with Crippen LogP contribution in [0.25, 0.3) is 6.08 Å². The summed E-state index contributed by atoms with van der Waals surface area (Å²) in [5.74, 6) is -1.89. The normalized spacial score (nSPS) is 16.9. The predicted molar refractivity (Wildman–Crippen MR) is 81.8 cm³/mol. The minimum atomic E-state index is -0.899. The topological polar surface area (TPSA) is 79.6 Å². The zero-order valence-corrected chi connectivity index (χ0v) is 13.0. The monoisotopic (exact) mass is 378 g/mol. The summed E-state index contributed by atoms with van der Waals surface area (Å²) in [4.78, 5) is 37.0. The molecule has 2 heterocycles. The van der Waals surface area contributed by atoms with Crippen molar-refractivity contribution >= 4 is 45.5 Å². The van der Waals surface area contributed by atoms with E-state index < -0.39 is 23.7 Å². The van der Waals surface area contributed by atoms with Crippen molar-refractivity contribution in [3.05, 3.63) is 58.2 Å². The first kappa shape index (κ1) is 15.2. The number of furan rings is 1. The van der Waals surface area contributed by atoms with Gasteiger partial charge in [-0.05, 0) is 58.4 Å². The van der Waals surface area contributed by atoms with Gasteiger partial charge in [0.1, 0.15) is 17.2 Å². The predicted octanol–water partition coefficient (Wildman–Crippen LogP) is 2.85. The minimum absolute atomic E-state index is 0.146. The van der Waals surface area contributed by atoms with Crippen LogP contribution in [0.15, 0.2) is 51.1 Å². The third-order valence-corrected chi connectivity index (χ3v) is 3.49. The van der Waals surface area contributed by atoms with Crippen molar-refractivity contribution < 1.29 is 23.2 Å². The van der Waals surface area contributed by atoms with Crippen molar-refractivity contribution in [3.8, 4) is 0 Å². The van der Waals surface area contributed by atoms with E-state index in [4.69, 9.17) is 4.42 Å². The quantitative estimate of drug-likeness (QED) is 0.643. The number of carbonyl (C=O) groups excluding carboxylic acids is 3. The number of rotatable bonds is 2. The molecule has 1 saturated heterocycles. The Morgan fingerprint density at radius 1 is 1.09 bits per heavy atom. The summed E-state index contributed by atoms with van der Waals surface area (Å²) >= 11 is 3.11. The van der Waals surface area contributed by atoms with Crippen LogP contribution in [0.4, 0.5) is 14.9 Å². The highest BCUT2D eigenvalue weighted by atomic mass is 79.9. The number of anilines is 1. The van der Waals surface area contributed by atoms with Gasteiger partial charge in [0.2, 0.25) is 0 Å². The highest BCUT2D eigenvalue weighted by molar-refractivity contribution is 9.10. The molecular weight excluding hydrogens is 371 g/mol. The van der Waals surface area contributed by atoms with E-state index in [9.17, 15) is 18.8 Å². The first-order chi connectivity index (χ1) is 11.0. The third kappa shape index (κ3) is 2.93. The highest BCUT2D eigenvalue weighted by Gasteiger charge is 2.37. The number of halogens is 2. The molecule has 0 saturated carbocycles. The number of imide groups is 2. The van der Waals surface area contributed by atoms with E-state index in [1.165, 1.54) is 18.2 Å². The van der Waals surface area contributed by atoms with Crippen LogP contribution in [-0.4, -0.2) is 17.8 Å². The van der Waals surface area contributed by atoms with Gasteiger partial charge in [-0.2, -0.15) is 0 Å². The first-order valence-corrected chi connectivity index (χ1v) is 7.17. The average Bonchev–Trinajstić information content (AvgIpc) is 2.91. The lowest BCUT2D eigenvalue weighted by Gasteiger charge is -2.26. The van der Waals surface area contributed by atoms with Crippen LogP contribution in [0.3, 0.4) is 0 Å². The van der Waals surface area contributed by atoms with Crippen molar-refractivity contribution in [3.63, 3.8) is 0 Å². The molecule has 0 unspecified atom stereocenters. The molecule has 1 aromatic heterocycles. The molecule has 0 atom stereocenters. The van der Waals surface area contributed by atoms with Crippen LogP contribution in [0.5, 0.6) is 0 Å². The molecule has 1 aromatic carbocycles. The van der Waals surface area contributed by atoms with E-state index in [-0.39, 0.29) is 17.0 Å². The van der Waals surface area contributed by atoms with Crippen molar-refractivity contribution in [2.24, 2.45) is 0 Å². The van der Waals surface area contributed by atoms with Gasteiger partial charge in [-0.15, -0.1) is 0 Å². The molecule has 0 aliphatic carbocycles. The summed E-state index contributed by atoms with van der Waals surface area (Å²) in [5.41, 5.74) is -0.122. The Balaban J connectivity index is 2.00. The summed E-state index contributed by atoms with van der Waals surface area (Å²) in [6.07, 6.45) is 1.23. The van der Waals surface area contributed by atoms with Crippen LogP contribution in [-0.2, 0) is 9.59 Å². The Morgan fingerprint density at radius 3 is 2.39 bits per heavy atom. The van der Waals surface area contributed by atoms with Crippen molar-refractivity contribution in [2.45, 2.75) is 0 Å². The van der Waals surface area contributed by atoms with E-state index in [2.05, 4.69) is 21.2 Å². The lowest BCUT2D eigenvalue weighted by Crippen LogP contribution is -2.54.